The van der Waals surface area contributed by atoms with Crippen molar-refractivity contribution in [3.8, 4) is 0 Å². The summed E-state index contributed by atoms with van der Waals surface area (Å²) in [5, 5.41) is 2.98. The number of benzene rings is 1. The summed E-state index contributed by atoms with van der Waals surface area (Å²) < 4.78 is 1.00. The number of amides is 1. The lowest BCUT2D eigenvalue weighted by molar-refractivity contribution is -0.121. The lowest BCUT2D eigenvalue weighted by atomic mass is 9.87. The van der Waals surface area contributed by atoms with Gasteiger partial charge in [-0.3, -0.25) is 4.79 Å². The Morgan fingerprint density at radius 2 is 2.25 bits per heavy atom. The summed E-state index contributed by atoms with van der Waals surface area (Å²) in [7, 11) is 0. The standard InChI is InChI=1S/C12H15BrN2O/c13-9-3-1-2-8(4-9)5-12(16)15-11-6-10(14)7-11/h1-4,10-11H,5-7,14H2,(H,15,16). The zero-order chi connectivity index (χ0) is 11.5. The predicted octanol–water partition coefficient (Wildman–Crippen LogP) is 1.60. The molecule has 0 bridgehead atoms. The van der Waals surface area contributed by atoms with E-state index in [2.05, 4.69) is 21.2 Å². The van der Waals surface area contributed by atoms with Gasteiger partial charge in [0.05, 0.1) is 6.42 Å². The van der Waals surface area contributed by atoms with E-state index in [1.807, 2.05) is 24.3 Å². The summed E-state index contributed by atoms with van der Waals surface area (Å²) in [6.45, 7) is 0. The normalized spacial score (nSPS) is 23.6. The number of nitrogens with one attached hydrogen (secondary N) is 1. The van der Waals surface area contributed by atoms with Gasteiger partial charge in [0.25, 0.3) is 0 Å². The minimum absolute atomic E-state index is 0.0787. The fourth-order valence-electron chi connectivity index (χ4n) is 1.89. The molecule has 1 aromatic carbocycles. The Morgan fingerprint density at radius 1 is 1.50 bits per heavy atom. The molecule has 16 heavy (non-hydrogen) atoms. The molecule has 1 aliphatic rings. The minimum atomic E-state index is 0.0787. The van der Waals surface area contributed by atoms with Crippen molar-refractivity contribution in [3.05, 3.63) is 34.3 Å². The van der Waals surface area contributed by atoms with Crippen LogP contribution in [0.5, 0.6) is 0 Å². The Balaban J connectivity index is 1.83. The molecule has 1 saturated carbocycles. The van der Waals surface area contributed by atoms with Crippen molar-refractivity contribution in [2.24, 2.45) is 5.73 Å². The molecule has 86 valence electrons. The topological polar surface area (TPSA) is 55.1 Å². The van der Waals surface area contributed by atoms with Crippen LogP contribution >= 0.6 is 15.9 Å². The maximum atomic E-state index is 11.7. The lowest BCUT2D eigenvalue weighted by Crippen LogP contribution is -2.50. The predicted molar refractivity (Wildman–Crippen MR) is 67.0 cm³/mol. The van der Waals surface area contributed by atoms with E-state index in [0.717, 1.165) is 22.9 Å². The second-order valence-corrected chi connectivity index (χ2v) is 5.22. The molecule has 0 spiro atoms. The van der Waals surface area contributed by atoms with Gasteiger partial charge in [0.15, 0.2) is 0 Å². The van der Waals surface area contributed by atoms with Crippen molar-refractivity contribution < 1.29 is 4.79 Å². The lowest BCUT2D eigenvalue weighted by Gasteiger charge is -2.32. The first-order chi connectivity index (χ1) is 7.63. The molecule has 1 aromatic rings. The highest BCUT2D eigenvalue weighted by molar-refractivity contribution is 9.10. The summed E-state index contributed by atoms with van der Waals surface area (Å²) in [5.41, 5.74) is 6.68. The smallest absolute Gasteiger partial charge is 0.224 e. The van der Waals surface area contributed by atoms with Gasteiger partial charge in [0, 0.05) is 16.6 Å². The summed E-state index contributed by atoms with van der Waals surface area (Å²) >= 11 is 3.39. The molecular weight excluding hydrogens is 268 g/mol. The zero-order valence-corrected chi connectivity index (χ0v) is 10.5. The quantitative estimate of drug-likeness (QED) is 0.885. The Kier molecular flexibility index (Phi) is 3.61. The van der Waals surface area contributed by atoms with Gasteiger partial charge < -0.3 is 11.1 Å². The molecule has 3 nitrogen and oxygen atoms in total. The molecule has 1 aliphatic carbocycles. The highest BCUT2D eigenvalue weighted by atomic mass is 79.9. The van der Waals surface area contributed by atoms with Gasteiger partial charge in [-0.15, -0.1) is 0 Å². The average Bonchev–Trinajstić information content (AvgIpc) is 2.15. The fraction of sp³-hybridized carbons (Fsp3) is 0.417. The molecule has 1 fully saturated rings. The molecule has 0 aliphatic heterocycles. The van der Waals surface area contributed by atoms with Crippen LogP contribution in [0.3, 0.4) is 0 Å². The number of hydrogen-bond acceptors (Lipinski definition) is 2. The van der Waals surface area contributed by atoms with Gasteiger partial charge in [-0.2, -0.15) is 0 Å². The maximum Gasteiger partial charge on any atom is 0.224 e. The number of carbonyl (C=O) groups is 1. The number of nitrogens with two attached hydrogens (primary N) is 1. The molecule has 2 rings (SSSR count). The Hall–Kier alpha value is -0.870. The van der Waals surface area contributed by atoms with Gasteiger partial charge in [-0.05, 0) is 30.5 Å². The third-order valence-electron chi connectivity index (χ3n) is 2.79. The van der Waals surface area contributed by atoms with Crippen LogP contribution in [0.4, 0.5) is 0 Å². The first-order valence-electron chi connectivity index (χ1n) is 5.43. The number of carbonyl (C=O) groups excluding carboxylic acids is 1. The van der Waals surface area contributed by atoms with Crippen molar-refractivity contribution in [1.29, 1.82) is 0 Å². The van der Waals surface area contributed by atoms with E-state index in [1.54, 1.807) is 0 Å². The summed E-state index contributed by atoms with van der Waals surface area (Å²) in [4.78, 5) is 11.7. The van der Waals surface area contributed by atoms with E-state index in [-0.39, 0.29) is 18.0 Å². The van der Waals surface area contributed by atoms with E-state index < -0.39 is 0 Å². The highest BCUT2D eigenvalue weighted by Gasteiger charge is 2.26. The second kappa shape index (κ2) is 4.97. The Bertz CT molecular complexity index is 388. The van der Waals surface area contributed by atoms with Crippen LogP contribution in [0.15, 0.2) is 28.7 Å². The number of rotatable bonds is 3. The van der Waals surface area contributed by atoms with Crippen molar-refractivity contribution in [1.82, 2.24) is 5.32 Å². The number of halogens is 1. The van der Waals surface area contributed by atoms with Gasteiger partial charge in [-0.1, -0.05) is 28.1 Å². The van der Waals surface area contributed by atoms with Gasteiger partial charge in [0.2, 0.25) is 5.91 Å². The zero-order valence-electron chi connectivity index (χ0n) is 8.95. The first-order valence-corrected chi connectivity index (χ1v) is 6.22. The molecule has 0 heterocycles. The van der Waals surface area contributed by atoms with Crippen molar-refractivity contribution in [2.75, 3.05) is 0 Å². The maximum absolute atomic E-state index is 11.7. The molecule has 0 saturated heterocycles. The largest absolute Gasteiger partial charge is 0.353 e. The first kappa shape index (κ1) is 11.6. The van der Waals surface area contributed by atoms with Gasteiger partial charge >= 0.3 is 0 Å². The van der Waals surface area contributed by atoms with Crippen LogP contribution in [0, 0.1) is 0 Å². The highest BCUT2D eigenvalue weighted by Crippen LogP contribution is 2.17. The van der Waals surface area contributed by atoms with E-state index in [1.165, 1.54) is 0 Å². The molecule has 0 unspecified atom stereocenters. The summed E-state index contributed by atoms with van der Waals surface area (Å²) in [6.07, 6.45) is 2.25. The Labute approximate surface area is 104 Å². The monoisotopic (exact) mass is 282 g/mol. The van der Waals surface area contributed by atoms with Crippen molar-refractivity contribution in [2.45, 2.75) is 31.3 Å². The average molecular weight is 283 g/mol. The third-order valence-corrected chi connectivity index (χ3v) is 3.29. The third kappa shape index (κ3) is 3.06. The summed E-state index contributed by atoms with van der Waals surface area (Å²) in [5.74, 6) is 0.0787. The van der Waals surface area contributed by atoms with Crippen LogP contribution < -0.4 is 11.1 Å². The van der Waals surface area contributed by atoms with E-state index in [0.29, 0.717) is 6.42 Å². The molecule has 4 heteroatoms. The van der Waals surface area contributed by atoms with Crippen LogP contribution in [0.1, 0.15) is 18.4 Å². The molecule has 0 aromatic heterocycles. The van der Waals surface area contributed by atoms with Gasteiger partial charge in [0.1, 0.15) is 0 Å². The fourth-order valence-corrected chi connectivity index (χ4v) is 2.34. The molecule has 3 N–H and O–H groups in total. The van der Waals surface area contributed by atoms with Crippen LogP contribution in [-0.4, -0.2) is 18.0 Å². The molecular formula is C12H15BrN2O. The minimum Gasteiger partial charge on any atom is -0.353 e. The van der Waals surface area contributed by atoms with Crippen molar-refractivity contribution in [3.63, 3.8) is 0 Å². The van der Waals surface area contributed by atoms with Gasteiger partial charge in [-0.25, -0.2) is 0 Å². The second-order valence-electron chi connectivity index (χ2n) is 4.30. The van der Waals surface area contributed by atoms with Crippen LogP contribution in [0.2, 0.25) is 0 Å². The molecule has 0 atom stereocenters. The number of hydrogen-bond donors (Lipinski definition) is 2. The van der Waals surface area contributed by atoms with E-state index in [4.69, 9.17) is 5.73 Å². The summed E-state index contributed by atoms with van der Waals surface area (Å²) in [6, 6.07) is 8.37. The molecule has 1 amide bonds. The molecule has 0 radical (unpaired) electrons. The van der Waals surface area contributed by atoms with Crippen LogP contribution in [-0.2, 0) is 11.2 Å². The van der Waals surface area contributed by atoms with E-state index >= 15 is 0 Å². The van der Waals surface area contributed by atoms with Crippen LogP contribution in [0.25, 0.3) is 0 Å². The Morgan fingerprint density at radius 3 is 2.88 bits per heavy atom. The van der Waals surface area contributed by atoms with Crippen molar-refractivity contribution >= 4 is 21.8 Å². The SMILES string of the molecule is NC1CC(NC(=O)Cc2cccc(Br)c2)C1. The van der Waals surface area contributed by atoms with E-state index in [9.17, 15) is 4.79 Å².